The van der Waals surface area contributed by atoms with Crippen molar-refractivity contribution in [3.63, 3.8) is 0 Å². The van der Waals surface area contributed by atoms with Gasteiger partial charge in [-0.05, 0) is 50.3 Å². The molecule has 0 aliphatic rings. The van der Waals surface area contributed by atoms with Crippen molar-refractivity contribution >= 4 is 38.9 Å². The van der Waals surface area contributed by atoms with Crippen LogP contribution in [0.15, 0.2) is 35.2 Å². The molecule has 9 heteroatoms. The second-order valence-corrected chi connectivity index (χ2v) is 6.87. The summed E-state index contributed by atoms with van der Waals surface area (Å²) in [5, 5.41) is 6.15. The lowest BCUT2D eigenvalue weighted by molar-refractivity contribution is 0.601. The highest BCUT2D eigenvalue weighted by molar-refractivity contribution is 7.92. The van der Waals surface area contributed by atoms with Gasteiger partial charge in [-0.15, -0.1) is 0 Å². The Labute approximate surface area is 140 Å². The summed E-state index contributed by atoms with van der Waals surface area (Å²) >= 11 is 4.99. The molecule has 7 nitrogen and oxygen atoms in total. The van der Waals surface area contributed by atoms with Gasteiger partial charge in [-0.1, -0.05) is 0 Å². The number of aryl methyl sites for hydroxylation is 2. The first-order valence-electron chi connectivity index (χ1n) is 6.74. The Morgan fingerprint density at radius 2 is 1.78 bits per heavy atom. The number of aromatic nitrogens is 2. The molecule has 3 N–H and O–H groups in total. The maximum absolute atomic E-state index is 12.4. The Morgan fingerprint density at radius 1 is 1.13 bits per heavy atom. The molecule has 1 heterocycles. The molecule has 2 aromatic rings. The van der Waals surface area contributed by atoms with E-state index in [0.29, 0.717) is 22.3 Å². The molecule has 0 atom stereocenters. The zero-order valence-electron chi connectivity index (χ0n) is 12.9. The van der Waals surface area contributed by atoms with E-state index in [9.17, 15) is 8.42 Å². The summed E-state index contributed by atoms with van der Waals surface area (Å²) in [5.74, 6) is 0.747. The number of thiocarbonyl (C=S) groups is 1. The average molecular weight is 351 g/mol. The van der Waals surface area contributed by atoms with Crippen molar-refractivity contribution in [1.29, 1.82) is 0 Å². The molecule has 0 amide bonds. The van der Waals surface area contributed by atoms with Crippen LogP contribution >= 0.6 is 12.2 Å². The van der Waals surface area contributed by atoms with E-state index >= 15 is 0 Å². The van der Waals surface area contributed by atoms with Gasteiger partial charge in [0.25, 0.3) is 10.0 Å². The number of nitrogens with zero attached hydrogens (tertiary/aromatic N) is 2. The van der Waals surface area contributed by atoms with Crippen LogP contribution in [0.25, 0.3) is 0 Å². The van der Waals surface area contributed by atoms with Crippen LogP contribution in [-0.2, 0) is 10.0 Å². The monoisotopic (exact) mass is 351 g/mol. The van der Waals surface area contributed by atoms with Crippen molar-refractivity contribution in [3.05, 3.63) is 41.9 Å². The second-order valence-electron chi connectivity index (χ2n) is 4.78. The van der Waals surface area contributed by atoms with Crippen LogP contribution in [0, 0.1) is 13.8 Å². The molecular formula is C14H17N5O2S2. The summed E-state index contributed by atoms with van der Waals surface area (Å²) in [6.07, 6.45) is 0. The van der Waals surface area contributed by atoms with E-state index in [1.807, 2.05) is 0 Å². The summed E-state index contributed by atoms with van der Waals surface area (Å²) in [5.41, 5.74) is 1.38. The zero-order valence-corrected chi connectivity index (χ0v) is 14.5. The van der Waals surface area contributed by atoms with Gasteiger partial charge in [0, 0.05) is 24.5 Å². The van der Waals surface area contributed by atoms with Crippen LogP contribution < -0.4 is 15.4 Å². The van der Waals surface area contributed by atoms with E-state index in [2.05, 4.69) is 25.3 Å². The summed E-state index contributed by atoms with van der Waals surface area (Å²) in [6, 6.07) is 7.82. The Bertz CT molecular complexity index is 799. The maximum atomic E-state index is 12.4. The molecule has 0 fully saturated rings. The molecule has 0 saturated heterocycles. The van der Waals surface area contributed by atoms with Gasteiger partial charge >= 0.3 is 0 Å². The lowest BCUT2D eigenvalue weighted by Crippen LogP contribution is -2.24. The highest BCUT2D eigenvalue weighted by atomic mass is 32.2. The van der Waals surface area contributed by atoms with Crippen LogP contribution in [0.1, 0.15) is 11.5 Å². The molecule has 1 aromatic heterocycles. The first-order valence-corrected chi connectivity index (χ1v) is 8.63. The summed E-state index contributed by atoms with van der Waals surface area (Å²) in [4.78, 5) is 8.32. The number of nitrogens with one attached hydrogen (secondary N) is 3. The van der Waals surface area contributed by atoms with Gasteiger partial charge in [0.15, 0.2) is 5.11 Å². The number of hydrogen-bond acceptors (Lipinski definition) is 5. The topological polar surface area (TPSA) is 96.0 Å². The summed E-state index contributed by atoms with van der Waals surface area (Å²) in [7, 11) is -2.02. The van der Waals surface area contributed by atoms with Gasteiger partial charge < -0.3 is 10.6 Å². The average Bonchev–Trinajstić information content (AvgIpc) is 2.46. The van der Waals surface area contributed by atoms with Crippen molar-refractivity contribution in [3.8, 4) is 0 Å². The standard InChI is InChI=1S/C14H17N5O2S2/c1-9-8-13(17-10(2)16-9)19-23(20,21)12-6-4-11(5-7-12)18-14(22)15-3/h4-8H,1-3H3,(H2,15,18,22)(H,16,17,19). The quantitative estimate of drug-likeness (QED) is 0.723. The molecule has 0 unspecified atom stereocenters. The molecule has 0 spiro atoms. The Morgan fingerprint density at radius 3 is 2.35 bits per heavy atom. The number of hydrogen-bond donors (Lipinski definition) is 3. The third-order valence-electron chi connectivity index (χ3n) is 2.85. The minimum Gasteiger partial charge on any atom is -0.366 e. The lowest BCUT2D eigenvalue weighted by atomic mass is 10.3. The zero-order chi connectivity index (χ0) is 17.0. The molecule has 0 aliphatic heterocycles. The molecule has 0 bridgehead atoms. The second kappa shape index (κ2) is 6.88. The highest BCUT2D eigenvalue weighted by Crippen LogP contribution is 2.17. The first kappa shape index (κ1) is 17.1. The van der Waals surface area contributed by atoms with E-state index < -0.39 is 10.0 Å². The van der Waals surface area contributed by atoms with Gasteiger partial charge in [0.05, 0.1) is 4.90 Å². The van der Waals surface area contributed by atoms with Gasteiger partial charge in [-0.3, -0.25) is 4.72 Å². The van der Waals surface area contributed by atoms with Crippen LogP contribution in [0.4, 0.5) is 11.5 Å². The van der Waals surface area contributed by atoms with Crippen LogP contribution in [0.5, 0.6) is 0 Å². The molecule has 0 radical (unpaired) electrons. The van der Waals surface area contributed by atoms with Crippen molar-refractivity contribution in [2.75, 3.05) is 17.1 Å². The number of sulfonamides is 1. The molecule has 122 valence electrons. The number of anilines is 2. The summed E-state index contributed by atoms with van der Waals surface area (Å²) < 4.78 is 27.2. The molecule has 2 rings (SSSR count). The molecule has 0 saturated carbocycles. The normalized spacial score (nSPS) is 10.9. The minimum absolute atomic E-state index is 0.132. The third-order valence-corrected chi connectivity index (χ3v) is 4.53. The number of benzene rings is 1. The van der Waals surface area contributed by atoms with Crippen molar-refractivity contribution in [1.82, 2.24) is 15.3 Å². The van der Waals surface area contributed by atoms with Crippen molar-refractivity contribution < 1.29 is 8.42 Å². The first-order chi connectivity index (χ1) is 10.8. The predicted molar refractivity (Wildman–Crippen MR) is 94.0 cm³/mol. The fourth-order valence-corrected chi connectivity index (χ4v) is 2.99. The fraction of sp³-hybridized carbons (Fsp3) is 0.214. The highest BCUT2D eigenvalue weighted by Gasteiger charge is 2.15. The van der Waals surface area contributed by atoms with Crippen LogP contribution in [-0.4, -0.2) is 30.5 Å². The van der Waals surface area contributed by atoms with Crippen LogP contribution in [0.2, 0.25) is 0 Å². The largest absolute Gasteiger partial charge is 0.366 e. The van der Waals surface area contributed by atoms with Gasteiger partial charge in [-0.2, -0.15) is 0 Å². The van der Waals surface area contributed by atoms with E-state index in [-0.39, 0.29) is 10.7 Å². The maximum Gasteiger partial charge on any atom is 0.263 e. The van der Waals surface area contributed by atoms with Gasteiger partial charge in [-0.25, -0.2) is 18.4 Å². The Balaban J connectivity index is 2.20. The number of rotatable bonds is 4. The lowest BCUT2D eigenvalue weighted by Gasteiger charge is -2.10. The van der Waals surface area contributed by atoms with E-state index in [0.717, 1.165) is 0 Å². The predicted octanol–water partition coefficient (Wildman–Crippen LogP) is 1.81. The smallest absolute Gasteiger partial charge is 0.263 e. The van der Waals surface area contributed by atoms with Gasteiger partial charge in [0.1, 0.15) is 11.6 Å². The Hall–Kier alpha value is -2.26. The molecular weight excluding hydrogens is 334 g/mol. The van der Waals surface area contributed by atoms with Crippen LogP contribution in [0.3, 0.4) is 0 Å². The molecule has 1 aromatic carbocycles. The van der Waals surface area contributed by atoms with E-state index in [4.69, 9.17) is 12.2 Å². The van der Waals surface area contributed by atoms with Crippen molar-refractivity contribution in [2.45, 2.75) is 18.7 Å². The van der Waals surface area contributed by atoms with Crippen molar-refractivity contribution in [2.24, 2.45) is 0 Å². The van der Waals surface area contributed by atoms with Gasteiger partial charge in [0.2, 0.25) is 0 Å². The minimum atomic E-state index is -3.71. The molecule has 0 aliphatic carbocycles. The van der Waals surface area contributed by atoms with E-state index in [1.165, 1.54) is 12.1 Å². The van der Waals surface area contributed by atoms with E-state index in [1.54, 1.807) is 39.1 Å². The Kier molecular flexibility index (Phi) is 5.12. The summed E-state index contributed by atoms with van der Waals surface area (Å²) in [6.45, 7) is 3.48. The fourth-order valence-electron chi connectivity index (χ4n) is 1.88. The molecule has 23 heavy (non-hydrogen) atoms. The third kappa shape index (κ3) is 4.60. The SMILES string of the molecule is CNC(=S)Nc1ccc(S(=O)(=O)Nc2cc(C)nc(C)n2)cc1.